The molecule has 120 valence electrons. The first-order chi connectivity index (χ1) is 10.6. The van der Waals surface area contributed by atoms with E-state index < -0.39 is 0 Å². The van der Waals surface area contributed by atoms with Crippen LogP contribution in [0.4, 0.5) is 5.82 Å². The van der Waals surface area contributed by atoms with Gasteiger partial charge in [0.15, 0.2) is 5.82 Å². The Balaban J connectivity index is 1.50. The van der Waals surface area contributed by atoms with Crippen LogP contribution in [-0.4, -0.2) is 57.9 Å². The smallest absolute Gasteiger partial charge is 0.152 e. The van der Waals surface area contributed by atoms with Crippen molar-refractivity contribution in [3.05, 3.63) is 24.2 Å². The molecule has 0 spiro atoms. The van der Waals surface area contributed by atoms with E-state index in [1.807, 2.05) is 17.6 Å². The lowest BCUT2D eigenvalue weighted by Gasteiger charge is -2.35. The number of rotatable bonds is 5. The molecule has 0 bridgehead atoms. The molecule has 0 aliphatic carbocycles. The standard InChI is InChI=1S/C16H25N5O/c1-12-9-15-16(18-6-8-21(15)19-12)17-5-4-7-20-10-13(2)22-14(3)11-20/h6,8-9,13-14H,4-5,7,10-11H2,1-3H3,(H,17,18). The van der Waals surface area contributed by atoms with E-state index in [1.165, 1.54) is 0 Å². The average Bonchev–Trinajstić information content (AvgIpc) is 2.83. The Kier molecular flexibility index (Phi) is 4.59. The van der Waals surface area contributed by atoms with Gasteiger partial charge in [-0.25, -0.2) is 9.50 Å². The van der Waals surface area contributed by atoms with Crippen LogP contribution in [0.15, 0.2) is 18.5 Å². The highest BCUT2D eigenvalue weighted by molar-refractivity contribution is 5.67. The number of hydrogen-bond acceptors (Lipinski definition) is 5. The summed E-state index contributed by atoms with van der Waals surface area (Å²) in [6.45, 7) is 10.3. The van der Waals surface area contributed by atoms with E-state index in [4.69, 9.17) is 4.74 Å². The largest absolute Gasteiger partial charge is 0.373 e. The molecule has 1 N–H and O–H groups in total. The molecule has 3 rings (SSSR count). The lowest BCUT2D eigenvalue weighted by Crippen LogP contribution is -2.45. The molecule has 3 heterocycles. The molecule has 22 heavy (non-hydrogen) atoms. The number of nitrogens with zero attached hydrogens (tertiary/aromatic N) is 4. The third kappa shape index (κ3) is 3.56. The van der Waals surface area contributed by atoms with Crippen LogP contribution in [0.25, 0.3) is 5.52 Å². The molecule has 0 aromatic carbocycles. The minimum atomic E-state index is 0.335. The van der Waals surface area contributed by atoms with Crippen LogP contribution in [0, 0.1) is 6.92 Å². The average molecular weight is 303 g/mol. The van der Waals surface area contributed by atoms with Gasteiger partial charge in [-0.1, -0.05) is 0 Å². The minimum Gasteiger partial charge on any atom is -0.373 e. The van der Waals surface area contributed by atoms with E-state index >= 15 is 0 Å². The quantitative estimate of drug-likeness (QED) is 0.856. The van der Waals surface area contributed by atoms with Gasteiger partial charge in [-0.2, -0.15) is 5.10 Å². The van der Waals surface area contributed by atoms with Crippen molar-refractivity contribution in [2.45, 2.75) is 39.4 Å². The molecule has 0 radical (unpaired) electrons. The van der Waals surface area contributed by atoms with Gasteiger partial charge in [-0.3, -0.25) is 4.90 Å². The van der Waals surface area contributed by atoms with Crippen molar-refractivity contribution in [2.75, 3.05) is 31.5 Å². The highest BCUT2D eigenvalue weighted by atomic mass is 16.5. The summed E-state index contributed by atoms with van der Waals surface area (Å²) in [6, 6.07) is 2.06. The lowest BCUT2D eigenvalue weighted by atomic mass is 10.2. The maximum absolute atomic E-state index is 5.77. The topological polar surface area (TPSA) is 54.7 Å². The maximum Gasteiger partial charge on any atom is 0.152 e. The van der Waals surface area contributed by atoms with Gasteiger partial charge in [0.1, 0.15) is 5.52 Å². The zero-order chi connectivity index (χ0) is 15.5. The molecule has 1 fully saturated rings. The van der Waals surface area contributed by atoms with Crippen LogP contribution in [0.2, 0.25) is 0 Å². The second kappa shape index (κ2) is 6.62. The van der Waals surface area contributed by atoms with Gasteiger partial charge >= 0.3 is 0 Å². The van der Waals surface area contributed by atoms with E-state index in [0.717, 1.165) is 49.6 Å². The zero-order valence-corrected chi connectivity index (χ0v) is 13.6. The maximum atomic E-state index is 5.77. The van der Waals surface area contributed by atoms with Crippen molar-refractivity contribution < 1.29 is 4.74 Å². The summed E-state index contributed by atoms with van der Waals surface area (Å²) >= 11 is 0. The number of nitrogens with one attached hydrogen (secondary N) is 1. The normalized spacial score (nSPS) is 23.0. The van der Waals surface area contributed by atoms with Gasteiger partial charge in [0.25, 0.3) is 0 Å². The first kappa shape index (κ1) is 15.2. The third-order valence-electron chi connectivity index (χ3n) is 3.95. The Morgan fingerprint density at radius 3 is 2.86 bits per heavy atom. The molecule has 6 nitrogen and oxygen atoms in total. The Morgan fingerprint density at radius 1 is 1.32 bits per heavy atom. The molecule has 0 amide bonds. The number of aryl methyl sites for hydroxylation is 1. The van der Waals surface area contributed by atoms with Gasteiger partial charge < -0.3 is 10.1 Å². The summed E-state index contributed by atoms with van der Waals surface area (Å²) in [5, 5.41) is 7.84. The van der Waals surface area contributed by atoms with Crippen LogP contribution in [0.3, 0.4) is 0 Å². The second-order valence-corrected chi connectivity index (χ2v) is 6.19. The highest BCUT2D eigenvalue weighted by Gasteiger charge is 2.21. The van der Waals surface area contributed by atoms with Crippen molar-refractivity contribution in [1.82, 2.24) is 19.5 Å². The second-order valence-electron chi connectivity index (χ2n) is 6.19. The van der Waals surface area contributed by atoms with Crippen molar-refractivity contribution in [2.24, 2.45) is 0 Å². The van der Waals surface area contributed by atoms with Crippen molar-refractivity contribution in [3.63, 3.8) is 0 Å². The van der Waals surface area contributed by atoms with E-state index in [0.29, 0.717) is 12.2 Å². The zero-order valence-electron chi connectivity index (χ0n) is 13.6. The number of morpholine rings is 1. The summed E-state index contributed by atoms with van der Waals surface area (Å²) in [6.07, 6.45) is 5.43. The molecule has 1 aliphatic heterocycles. The molecule has 2 aromatic heterocycles. The Labute approximate surface area is 131 Å². The lowest BCUT2D eigenvalue weighted by molar-refractivity contribution is -0.0678. The van der Waals surface area contributed by atoms with Gasteiger partial charge in [0, 0.05) is 38.6 Å². The number of hydrogen-bond donors (Lipinski definition) is 1. The van der Waals surface area contributed by atoms with Gasteiger partial charge in [0.2, 0.25) is 0 Å². The number of anilines is 1. The molecule has 2 unspecified atom stereocenters. The molecule has 2 aromatic rings. The Bertz CT molecular complexity index is 616. The van der Waals surface area contributed by atoms with Crippen LogP contribution < -0.4 is 5.32 Å². The fraction of sp³-hybridized carbons (Fsp3) is 0.625. The first-order valence-corrected chi connectivity index (χ1v) is 8.04. The number of ether oxygens (including phenoxy) is 1. The summed E-state index contributed by atoms with van der Waals surface area (Å²) in [5.74, 6) is 0.909. The van der Waals surface area contributed by atoms with Crippen LogP contribution >= 0.6 is 0 Å². The summed E-state index contributed by atoms with van der Waals surface area (Å²) < 4.78 is 7.64. The van der Waals surface area contributed by atoms with E-state index in [2.05, 4.69) is 40.2 Å². The van der Waals surface area contributed by atoms with E-state index in [9.17, 15) is 0 Å². The van der Waals surface area contributed by atoms with Crippen molar-refractivity contribution in [3.8, 4) is 0 Å². The van der Waals surface area contributed by atoms with Gasteiger partial charge in [-0.15, -0.1) is 0 Å². The molecular formula is C16H25N5O. The molecule has 2 atom stereocenters. The number of aromatic nitrogens is 3. The summed E-state index contributed by atoms with van der Waals surface area (Å²) in [7, 11) is 0. The van der Waals surface area contributed by atoms with Crippen LogP contribution in [0.1, 0.15) is 26.0 Å². The number of fused-ring (bicyclic) bond motifs is 1. The SMILES string of the molecule is Cc1cc2c(NCCCN3CC(C)OC(C)C3)nccn2n1. The minimum absolute atomic E-state index is 0.335. The first-order valence-electron chi connectivity index (χ1n) is 8.04. The predicted octanol–water partition coefficient (Wildman–Crippen LogP) is 1.95. The molecule has 0 saturated carbocycles. The van der Waals surface area contributed by atoms with Crippen molar-refractivity contribution in [1.29, 1.82) is 0 Å². The third-order valence-corrected chi connectivity index (χ3v) is 3.95. The Morgan fingerprint density at radius 2 is 2.09 bits per heavy atom. The monoisotopic (exact) mass is 303 g/mol. The highest BCUT2D eigenvalue weighted by Crippen LogP contribution is 2.15. The van der Waals surface area contributed by atoms with Gasteiger partial charge in [0.05, 0.1) is 17.9 Å². The Hall–Kier alpha value is -1.66. The summed E-state index contributed by atoms with van der Waals surface area (Å²) in [4.78, 5) is 6.91. The molecule has 1 aliphatic rings. The predicted molar refractivity (Wildman–Crippen MR) is 87.3 cm³/mol. The fourth-order valence-electron chi connectivity index (χ4n) is 3.16. The van der Waals surface area contributed by atoms with Crippen LogP contribution in [0.5, 0.6) is 0 Å². The molecular weight excluding hydrogens is 278 g/mol. The molecule has 1 saturated heterocycles. The molecule has 6 heteroatoms. The van der Waals surface area contributed by atoms with Gasteiger partial charge in [-0.05, 0) is 33.3 Å². The van der Waals surface area contributed by atoms with E-state index in [-0.39, 0.29) is 0 Å². The van der Waals surface area contributed by atoms with Crippen LogP contribution in [-0.2, 0) is 4.74 Å². The van der Waals surface area contributed by atoms with E-state index in [1.54, 1.807) is 6.20 Å². The van der Waals surface area contributed by atoms with Crippen molar-refractivity contribution >= 4 is 11.3 Å². The summed E-state index contributed by atoms with van der Waals surface area (Å²) in [5.41, 5.74) is 2.04. The fourth-order valence-corrected chi connectivity index (χ4v) is 3.16.